The van der Waals surface area contributed by atoms with Crippen LogP contribution in [-0.2, 0) is 0 Å². The van der Waals surface area contributed by atoms with Gasteiger partial charge in [0.15, 0.2) is 4.96 Å². The summed E-state index contributed by atoms with van der Waals surface area (Å²) in [5.74, 6) is -0.290. The summed E-state index contributed by atoms with van der Waals surface area (Å²) >= 11 is 1.35. The van der Waals surface area contributed by atoms with Crippen molar-refractivity contribution in [3.8, 4) is 0 Å². The lowest BCUT2D eigenvalue weighted by molar-refractivity contribution is 0.628. The molecule has 0 N–H and O–H groups in total. The first kappa shape index (κ1) is 14.1. The number of thiazole rings is 1. The third-order valence-corrected chi connectivity index (χ3v) is 4.99. The number of hydrogen-bond acceptors (Lipinski definition) is 3. The molecular formula is C18H13FN2OS. The van der Waals surface area contributed by atoms with E-state index in [1.807, 2.05) is 26.0 Å². The van der Waals surface area contributed by atoms with Crippen molar-refractivity contribution < 1.29 is 4.39 Å². The van der Waals surface area contributed by atoms with Crippen molar-refractivity contribution in [2.45, 2.75) is 13.8 Å². The molecule has 23 heavy (non-hydrogen) atoms. The standard InChI is InChI=1S/C18H13FN2OS/c1-10-7-14-15(8-11(10)2)21-17(22)16(23-18(21)20-14)9-12-3-5-13(19)6-4-12/h3-9H,1-2H3/b16-9+. The van der Waals surface area contributed by atoms with Crippen LogP contribution in [0.4, 0.5) is 4.39 Å². The second-order valence-electron chi connectivity index (χ2n) is 5.62. The quantitative estimate of drug-likeness (QED) is 0.539. The molecule has 0 saturated heterocycles. The molecule has 114 valence electrons. The van der Waals surface area contributed by atoms with E-state index in [0.29, 0.717) is 9.49 Å². The highest BCUT2D eigenvalue weighted by atomic mass is 32.1. The van der Waals surface area contributed by atoms with Crippen LogP contribution in [0, 0.1) is 19.7 Å². The Kier molecular flexibility index (Phi) is 3.06. The van der Waals surface area contributed by atoms with Crippen molar-refractivity contribution >= 4 is 33.4 Å². The number of aryl methyl sites for hydroxylation is 2. The fourth-order valence-corrected chi connectivity index (χ4v) is 3.62. The number of halogens is 1. The highest BCUT2D eigenvalue weighted by Gasteiger charge is 2.12. The van der Waals surface area contributed by atoms with Crippen LogP contribution in [0.1, 0.15) is 16.7 Å². The molecule has 0 aliphatic carbocycles. The van der Waals surface area contributed by atoms with Gasteiger partial charge >= 0.3 is 0 Å². The summed E-state index contributed by atoms with van der Waals surface area (Å²) < 4.78 is 15.2. The summed E-state index contributed by atoms with van der Waals surface area (Å²) in [6.45, 7) is 4.06. The Balaban J connectivity index is 2.00. The summed E-state index contributed by atoms with van der Waals surface area (Å²) in [6, 6.07) is 10.1. The average molecular weight is 324 g/mol. The first-order valence-corrected chi connectivity index (χ1v) is 8.04. The Morgan fingerprint density at radius 1 is 1.13 bits per heavy atom. The molecule has 0 bridgehead atoms. The average Bonchev–Trinajstić information content (AvgIpc) is 3.00. The zero-order valence-electron chi connectivity index (χ0n) is 12.6. The number of aromatic nitrogens is 2. The molecule has 2 aromatic heterocycles. The minimum absolute atomic E-state index is 0.0833. The minimum Gasteiger partial charge on any atom is -0.267 e. The second kappa shape index (κ2) is 4.99. The van der Waals surface area contributed by atoms with Gasteiger partial charge in [-0.2, -0.15) is 0 Å². The van der Waals surface area contributed by atoms with E-state index in [1.165, 1.54) is 23.5 Å². The van der Waals surface area contributed by atoms with Gasteiger partial charge in [-0.25, -0.2) is 13.8 Å². The van der Waals surface area contributed by atoms with Crippen LogP contribution in [0.15, 0.2) is 41.2 Å². The SMILES string of the molecule is Cc1cc2nc3s/c(=C/c4ccc(F)cc4)c(=O)n3c2cc1C. The van der Waals surface area contributed by atoms with Gasteiger partial charge in [0, 0.05) is 0 Å². The Bertz CT molecular complexity index is 1160. The topological polar surface area (TPSA) is 34.4 Å². The van der Waals surface area contributed by atoms with E-state index >= 15 is 0 Å². The predicted molar refractivity (Wildman–Crippen MR) is 91.5 cm³/mol. The van der Waals surface area contributed by atoms with E-state index in [-0.39, 0.29) is 11.4 Å². The van der Waals surface area contributed by atoms with E-state index in [2.05, 4.69) is 4.98 Å². The molecule has 2 heterocycles. The van der Waals surface area contributed by atoms with Crippen molar-refractivity contribution in [3.05, 3.63) is 73.8 Å². The number of rotatable bonds is 1. The molecule has 0 aliphatic heterocycles. The predicted octanol–water partition coefficient (Wildman–Crippen LogP) is 3.21. The summed E-state index contributed by atoms with van der Waals surface area (Å²) in [5, 5.41) is 0. The van der Waals surface area contributed by atoms with Gasteiger partial charge in [-0.3, -0.25) is 4.79 Å². The number of benzene rings is 2. The van der Waals surface area contributed by atoms with E-state index in [1.54, 1.807) is 22.6 Å². The van der Waals surface area contributed by atoms with Gasteiger partial charge in [0.1, 0.15) is 5.82 Å². The van der Waals surface area contributed by atoms with Gasteiger partial charge in [-0.15, -0.1) is 0 Å². The minimum atomic E-state index is -0.290. The Morgan fingerprint density at radius 3 is 2.57 bits per heavy atom. The zero-order chi connectivity index (χ0) is 16.1. The molecule has 4 rings (SSSR count). The van der Waals surface area contributed by atoms with Crippen LogP contribution in [0.5, 0.6) is 0 Å². The maximum atomic E-state index is 13.0. The molecule has 4 aromatic rings. The van der Waals surface area contributed by atoms with Gasteiger partial charge < -0.3 is 0 Å². The number of nitrogens with zero attached hydrogens (tertiary/aromatic N) is 2. The number of hydrogen-bond donors (Lipinski definition) is 0. The summed E-state index contributed by atoms with van der Waals surface area (Å²) in [4.78, 5) is 17.9. The van der Waals surface area contributed by atoms with Gasteiger partial charge in [0.25, 0.3) is 5.56 Å². The highest BCUT2D eigenvalue weighted by Crippen LogP contribution is 2.20. The molecular weight excluding hydrogens is 311 g/mol. The van der Waals surface area contributed by atoms with E-state index in [4.69, 9.17) is 0 Å². The highest BCUT2D eigenvalue weighted by molar-refractivity contribution is 7.15. The summed E-state index contributed by atoms with van der Waals surface area (Å²) in [6.07, 6.45) is 1.77. The normalized spacial score (nSPS) is 12.6. The van der Waals surface area contributed by atoms with E-state index in [9.17, 15) is 9.18 Å². The molecule has 0 aliphatic rings. The molecule has 3 nitrogen and oxygen atoms in total. The van der Waals surface area contributed by atoms with Gasteiger partial charge in [0.05, 0.1) is 15.6 Å². The van der Waals surface area contributed by atoms with Crippen molar-refractivity contribution in [1.29, 1.82) is 0 Å². The van der Waals surface area contributed by atoms with Gasteiger partial charge in [-0.05, 0) is 60.9 Å². The van der Waals surface area contributed by atoms with Crippen molar-refractivity contribution in [1.82, 2.24) is 9.38 Å². The molecule has 0 radical (unpaired) electrons. The van der Waals surface area contributed by atoms with E-state index < -0.39 is 0 Å². The monoisotopic (exact) mass is 324 g/mol. The third-order valence-electron chi connectivity index (χ3n) is 4.02. The molecule has 0 fully saturated rings. The van der Waals surface area contributed by atoms with Crippen LogP contribution in [0.3, 0.4) is 0 Å². The lowest BCUT2D eigenvalue weighted by Gasteiger charge is -1.98. The molecule has 0 atom stereocenters. The molecule has 0 unspecified atom stereocenters. The Hall–Kier alpha value is -2.53. The molecule has 2 aromatic carbocycles. The van der Waals surface area contributed by atoms with Crippen molar-refractivity contribution in [3.63, 3.8) is 0 Å². The fourth-order valence-electron chi connectivity index (χ4n) is 2.63. The third kappa shape index (κ3) is 2.24. The second-order valence-corrected chi connectivity index (χ2v) is 6.63. The molecule has 0 spiro atoms. The maximum absolute atomic E-state index is 13.0. The van der Waals surface area contributed by atoms with Gasteiger partial charge in [0.2, 0.25) is 0 Å². The molecule has 0 amide bonds. The van der Waals surface area contributed by atoms with Crippen LogP contribution in [0.25, 0.3) is 22.1 Å². The maximum Gasteiger partial charge on any atom is 0.274 e. The smallest absolute Gasteiger partial charge is 0.267 e. The summed E-state index contributed by atoms with van der Waals surface area (Å²) in [7, 11) is 0. The fraction of sp³-hybridized carbons (Fsp3) is 0.111. The van der Waals surface area contributed by atoms with Crippen LogP contribution in [0.2, 0.25) is 0 Å². The lowest BCUT2D eigenvalue weighted by atomic mass is 10.1. The number of imidazole rings is 1. The van der Waals surface area contributed by atoms with Crippen LogP contribution in [-0.4, -0.2) is 9.38 Å². The largest absolute Gasteiger partial charge is 0.274 e. The van der Waals surface area contributed by atoms with E-state index in [0.717, 1.165) is 27.7 Å². The molecule has 0 saturated carbocycles. The Morgan fingerprint density at radius 2 is 1.83 bits per heavy atom. The summed E-state index contributed by atoms with van der Waals surface area (Å²) in [5.41, 5.74) is 4.68. The number of fused-ring (bicyclic) bond motifs is 3. The zero-order valence-corrected chi connectivity index (χ0v) is 13.4. The van der Waals surface area contributed by atoms with Crippen LogP contribution < -0.4 is 10.1 Å². The van der Waals surface area contributed by atoms with Crippen molar-refractivity contribution in [2.24, 2.45) is 0 Å². The first-order chi connectivity index (χ1) is 11.0. The lowest BCUT2D eigenvalue weighted by Crippen LogP contribution is -2.22. The first-order valence-electron chi connectivity index (χ1n) is 7.22. The molecule has 5 heteroatoms. The van der Waals surface area contributed by atoms with Crippen LogP contribution >= 0.6 is 11.3 Å². The van der Waals surface area contributed by atoms with Gasteiger partial charge in [-0.1, -0.05) is 23.5 Å². The Labute approximate surface area is 135 Å². The van der Waals surface area contributed by atoms with Crippen molar-refractivity contribution in [2.75, 3.05) is 0 Å².